The minimum absolute atomic E-state index is 0.209. The maximum atomic E-state index is 11.0. The van der Waals surface area contributed by atoms with Crippen molar-refractivity contribution in [3.8, 4) is 0 Å². The van der Waals surface area contributed by atoms with Gasteiger partial charge in [-0.1, -0.05) is 6.07 Å². The average molecular weight is 247 g/mol. The highest BCUT2D eigenvalue weighted by Crippen LogP contribution is 2.12. The van der Waals surface area contributed by atoms with E-state index in [2.05, 4.69) is 4.98 Å². The lowest BCUT2D eigenvalue weighted by atomic mass is 10.1. The van der Waals surface area contributed by atoms with E-state index in [9.17, 15) is 9.59 Å². The van der Waals surface area contributed by atoms with Crippen LogP contribution in [-0.4, -0.2) is 32.8 Å². The van der Waals surface area contributed by atoms with Crippen LogP contribution in [0.25, 0.3) is 5.65 Å². The number of hydrogen-bond donors (Lipinski definition) is 2. The van der Waals surface area contributed by atoms with Gasteiger partial charge in [0.15, 0.2) is 6.29 Å². The van der Waals surface area contributed by atoms with E-state index in [4.69, 9.17) is 10.8 Å². The number of pyridine rings is 1. The molecule has 94 valence electrons. The van der Waals surface area contributed by atoms with Gasteiger partial charge in [0, 0.05) is 6.20 Å². The lowest BCUT2D eigenvalue weighted by Gasteiger charge is -2.07. The maximum absolute atomic E-state index is 11.0. The molecule has 2 heterocycles. The van der Waals surface area contributed by atoms with Gasteiger partial charge in [0.05, 0.1) is 5.69 Å². The molecule has 18 heavy (non-hydrogen) atoms. The second-order valence-corrected chi connectivity index (χ2v) is 4.11. The predicted molar refractivity (Wildman–Crippen MR) is 64.6 cm³/mol. The van der Waals surface area contributed by atoms with Crippen LogP contribution in [0.3, 0.4) is 0 Å². The highest BCUT2D eigenvalue weighted by molar-refractivity contribution is 5.76. The zero-order valence-corrected chi connectivity index (χ0v) is 9.83. The molecule has 0 aromatic carbocycles. The third-order valence-corrected chi connectivity index (χ3v) is 2.79. The number of carbonyl (C=O) groups is 2. The Morgan fingerprint density at radius 3 is 2.94 bits per heavy atom. The molecule has 0 spiro atoms. The summed E-state index contributed by atoms with van der Waals surface area (Å²) in [7, 11) is 0. The number of aliphatic carboxylic acids is 1. The van der Waals surface area contributed by atoms with Gasteiger partial charge >= 0.3 is 5.97 Å². The molecule has 0 bridgehead atoms. The van der Waals surface area contributed by atoms with Gasteiger partial charge in [0.2, 0.25) is 0 Å². The third kappa shape index (κ3) is 2.10. The van der Waals surface area contributed by atoms with Gasteiger partial charge in [-0.25, -0.2) is 4.98 Å². The van der Waals surface area contributed by atoms with E-state index in [1.807, 2.05) is 0 Å². The van der Waals surface area contributed by atoms with Crippen LogP contribution < -0.4 is 5.73 Å². The molecule has 6 heteroatoms. The van der Waals surface area contributed by atoms with Crippen molar-refractivity contribution in [2.45, 2.75) is 19.4 Å². The van der Waals surface area contributed by atoms with Crippen molar-refractivity contribution in [3.63, 3.8) is 0 Å². The molecular formula is C12H13N3O3. The Morgan fingerprint density at radius 2 is 2.33 bits per heavy atom. The Bertz CT molecular complexity index is 618. The molecule has 0 radical (unpaired) electrons. The third-order valence-electron chi connectivity index (χ3n) is 2.79. The number of imidazole rings is 1. The average Bonchev–Trinajstić information content (AvgIpc) is 2.63. The van der Waals surface area contributed by atoms with Gasteiger partial charge in [0.1, 0.15) is 17.4 Å². The van der Waals surface area contributed by atoms with Crippen LogP contribution in [0.4, 0.5) is 0 Å². The van der Waals surface area contributed by atoms with Crippen molar-refractivity contribution in [1.29, 1.82) is 0 Å². The molecular weight excluding hydrogens is 234 g/mol. The molecule has 2 rings (SSSR count). The summed E-state index contributed by atoms with van der Waals surface area (Å²) >= 11 is 0. The molecule has 0 saturated heterocycles. The molecule has 0 aliphatic heterocycles. The highest BCUT2D eigenvalue weighted by atomic mass is 16.4. The molecule has 3 N–H and O–H groups in total. The molecule has 0 amide bonds. The second kappa shape index (κ2) is 4.58. The van der Waals surface area contributed by atoms with Crippen LogP contribution in [-0.2, 0) is 11.2 Å². The Labute approximate surface area is 103 Å². The van der Waals surface area contributed by atoms with E-state index in [1.165, 1.54) is 0 Å². The zero-order valence-electron chi connectivity index (χ0n) is 9.83. The summed E-state index contributed by atoms with van der Waals surface area (Å²) < 4.78 is 1.65. The molecule has 2 aromatic heterocycles. The molecule has 2 aromatic rings. The normalized spacial score (nSPS) is 12.6. The fraction of sp³-hybridized carbons (Fsp3) is 0.250. The number of hydrogen-bond acceptors (Lipinski definition) is 4. The minimum atomic E-state index is -1.05. The smallest absolute Gasteiger partial charge is 0.320 e. The fourth-order valence-corrected chi connectivity index (χ4v) is 1.83. The van der Waals surface area contributed by atoms with Gasteiger partial charge in [-0.15, -0.1) is 0 Å². The van der Waals surface area contributed by atoms with Crippen LogP contribution in [0.2, 0.25) is 0 Å². The van der Waals surface area contributed by atoms with Gasteiger partial charge < -0.3 is 10.8 Å². The minimum Gasteiger partial charge on any atom is -0.480 e. The monoisotopic (exact) mass is 247 g/mol. The van der Waals surface area contributed by atoms with E-state index >= 15 is 0 Å². The molecule has 1 atom stereocenters. The molecule has 0 saturated carbocycles. The summed E-state index contributed by atoms with van der Waals surface area (Å²) in [6, 6.07) is 2.55. The standard InChI is InChI=1S/C12H13N3O3/c1-7-10(6-16)15-5-8(2-3-11(15)14-7)4-9(13)12(17)18/h2-3,5-6,9H,4,13H2,1H3,(H,17,18)/t9-/m0/s1. The number of fused-ring (bicyclic) bond motifs is 1. The van der Waals surface area contributed by atoms with Crippen LogP contribution >= 0.6 is 0 Å². The van der Waals surface area contributed by atoms with E-state index < -0.39 is 12.0 Å². The first-order valence-corrected chi connectivity index (χ1v) is 5.44. The lowest BCUT2D eigenvalue weighted by Crippen LogP contribution is -2.32. The van der Waals surface area contributed by atoms with Crippen molar-refractivity contribution >= 4 is 17.9 Å². The molecule has 0 aliphatic rings. The number of aldehydes is 1. The Balaban J connectivity index is 2.43. The fourth-order valence-electron chi connectivity index (χ4n) is 1.83. The van der Waals surface area contributed by atoms with Gasteiger partial charge in [-0.3, -0.25) is 14.0 Å². The van der Waals surface area contributed by atoms with Gasteiger partial charge in [0.25, 0.3) is 0 Å². The SMILES string of the molecule is Cc1nc2ccc(C[C@H](N)C(=O)O)cn2c1C=O. The highest BCUT2D eigenvalue weighted by Gasteiger charge is 2.14. The molecule has 0 aliphatic carbocycles. The summed E-state index contributed by atoms with van der Waals surface area (Å²) in [6.45, 7) is 1.75. The topological polar surface area (TPSA) is 97.7 Å². The first kappa shape index (κ1) is 12.3. The first-order chi connectivity index (χ1) is 8.52. The summed E-state index contributed by atoms with van der Waals surface area (Å²) in [5.41, 5.74) is 7.99. The summed E-state index contributed by atoms with van der Waals surface area (Å²) in [6.07, 6.45) is 2.64. The first-order valence-electron chi connectivity index (χ1n) is 5.44. The Morgan fingerprint density at radius 1 is 1.61 bits per heavy atom. The number of rotatable bonds is 4. The zero-order chi connectivity index (χ0) is 13.3. The second-order valence-electron chi connectivity index (χ2n) is 4.11. The van der Waals surface area contributed by atoms with E-state index in [0.29, 0.717) is 17.0 Å². The van der Waals surface area contributed by atoms with Crippen LogP contribution in [0.5, 0.6) is 0 Å². The Kier molecular flexibility index (Phi) is 3.12. The van der Waals surface area contributed by atoms with Gasteiger partial charge in [-0.2, -0.15) is 0 Å². The number of nitrogens with zero attached hydrogens (tertiary/aromatic N) is 2. The van der Waals surface area contributed by atoms with Crippen molar-refractivity contribution in [1.82, 2.24) is 9.38 Å². The van der Waals surface area contributed by atoms with E-state index in [-0.39, 0.29) is 6.42 Å². The number of aromatic nitrogens is 2. The van der Waals surface area contributed by atoms with E-state index in [1.54, 1.807) is 29.7 Å². The van der Waals surface area contributed by atoms with Crippen molar-refractivity contribution < 1.29 is 14.7 Å². The number of carboxylic acids is 1. The number of aryl methyl sites for hydroxylation is 1. The van der Waals surface area contributed by atoms with Gasteiger partial charge in [-0.05, 0) is 25.0 Å². The molecule has 0 unspecified atom stereocenters. The predicted octanol–water partition coefficient (Wildman–Crippen LogP) is 0.410. The number of carbonyl (C=O) groups excluding carboxylic acids is 1. The van der Waals surface area contributed by atoms with Crippen molar-refractivity contribution in [3.05, 3.63) is 35.3 Å². The summed E-state index contributed by atoms with van der Waals surface area (Å²) in [5.74, 6) is -1.05. The largest absolute Gasteiger partial charge is 0.480 e. The number of nitrogens with two attached hydrogens (primary N) is 1. The van der Waals surface area contributed by atoms with Crippen molar-refractivity contribution in [2.24, 2.45) is 5.73 Å². The van der Waals surface area contributed by atoms with Crippen LogP contribution in [0, 0.1) is 6.92 Å². The van der Waals surface area contributed by atoms with Crippen LogP contribution in [0.15, 0.2) is 18.3 Å². The molecule has 0 fully saturated rings. The number of carboxylic acid groups (broad SMARTS) is 1. The van der Waals surface area contributed by atoms with Crippen LogP contribution in [0.1, 0.15) is 21.7 Å². The summed E-state index contributed by atoms with van der Waals surface area (Å²) in [5, 5.41) is 8.76. The van der Waals surface area contributed by atoms with E-state index in [0.717, 1.165) is 11.8 Å². The molecule has 6 nitrogen and oxygen atoms in total. The quantitative estimate of drug-likeness (QED) is 0.762. The Hall–Kier alpha value is -2.21. The maximum Gasteiger partial charge on any atom is 0.320 e. The summed E-state index contributed by atoms with van der Waals surface area (Å²) in [4.78, 5) is 25.9. The lowest BCUT2D eigenvalue weighted by molar-refractivity contribution is -0.138. The van der Waals surface area contributed by atoms with Crippen molar-refractivity contribution in [2.75, 3.05) is 0 Å².